The summed E-state index contributed by atoms with van der Waals surface area (Å²) >= 11 is 7.50. The van der Waals surface area contributed by atoms with Crippen LogP contribution in [0.3, 0.4) is 0 Å². The lowest BCUT2D eigenvalue weighted by atomic mass is 10.1. The maximum absolute atomic E-state index is 13.9. The third-order valence-corrected chi connectivity index (χ3v) is 5.00. The second kappa shape index (κ2) is 7.37. The number of hydrogen-bond donors (Lipinski definition) is 0. The van der Waals surface area contributed by atoms with Crippen LogP contribution in [0.4, 0.5) is 10.1 Å². The van der Waals surface area contributed by atoms with Crippen molar-refractivity contribution < 1.29 is 13.9 Å². The van der Waals surface area contributed by atoms with E-state index in [9.17, 15) is 9.18 Å². The van der Waals surface area contributed by atoms with Gasteiger partial charge in [0.05, 0.1) is 5.69 Å². The highest BCUT2D eigenvalue weighted by atomic mass is 35.5. The van der Waals surface area contributed by atoms with Crippen molar-refractivity contribution in [2.45, 2.75) is 18.3 Å². The molecule has 1 atom stereocenters. The van der Waals surface area contributed by atoms with Gasteiger partial charge in [0.25, 0.3) is 0 Å². The number of halogens is 2. The molecule has 142 valence electrons. The lowest BCUT2D eigenvalue weighted by Gasteiger charge is -2.29. The van der Waals surface area contributed by atoms with Crippen molar-refractivity contribution in [1.82, 2.24) is 15.2 Å². The van der Waals surface area contributed by atoms with Crippen molar-refractivity contribution in [3.05, 3.63) is 58.9 Å². The minimum absolute atomic E-state index is 0.195. The van der Waals surface area contributed by atoms with E-state index in [-0.39, 0.29) is 11.8 Å². The fourth-order valence-corrected chi connectivity index (χ4v) is 3.51. The summed E-state index contributed by atoms with van der Waals surface area (Å²) in [4.78, 5) is 18.4. The number of rotatable bonds is 2. The number of anilines is 1. The summed E-state index contributed by atoms with van der Waals surface area (Å²) in [6.45, 7) is 1.41. The lowest BCUT2D eigenvalue weighted by Crippen LogP contribution is -2.36. The van der Waals surface area contributed by atoms with Crippen molar-refractivity contribution in [3.63, 3.8) is 0 Å². The first-order valence-electron chi connectivity index (χ1n) is 8.28. The molecule has 1 aliphatic rings. The Kier molecular flexibility index (Phi) is 4.91. The fourth-order valence-electron chi connectivity index (χ4n) is 3.04. The van der Waals surface area contributed by atoms with Crippen molar-refractivity contribution in [1.29, 1.82) is 0 Å². The number of nitrogens with zero attached hydrogens (tertiary/aromatic N) is 4. The second-order valence-electron chi connectivity index (χ2n) is 6.03. The molecule has 0 saturated carbocycles. The monoisotopic (exact) mass is 416 g/mol. The average molecular weight is 417 g/mol. The van der Waals surface area contributed by atoms with Gasteiger partial charge >= 0.3 is 0 Å². The van der Waals surface area contributed by atoms with Gasteiger partial charge in [-0.25, -0.2) is 4.39 Å². The molecule has 4 rings (SSSR count). The Hall–Kier alpha value is -2.71. The van der Waals surface area contributed by atoms with Gasteiger partial charge in [0, 0.05) is 23.1 Å². The van der Waals surface area contributed by atoms with Crippen LogP contribution in [-0.2, 0) is 4.79 Å². The van der Waals surface area contributed by atoms with Crippen LogP contribution < -0.4 is 9.64 Å². The maximum atomic E-state index is 13.9. The van der Waals surface area contributed by atoms with Gasteiger partial charge < -0.3 is 4.74 Å². The normalized spacial score (nSPS) is 15.3. The van der Waals surface area contributed by atoms with Crippen LogP contribution in [0.1, 0.15) is 18.7 Å². The molecule has 2 heterocycles. The van der Waals surface area contributed by atoms with Crippen LogP contribution in [0.15, 0.2) is 47.6 Å². The standard InChI is InChI=1S/C19H14ClFN4O2S/c1-10(26)25-15-7-6-12(20)9-14(15)16-17(22-19(28-2)24-23-16)27-18(25)11-4-3-5-13(21)8-11/h3-9,18H,1-2H3/t18-/m0/s1. The quantitative estimate of drug-likeness (QED) is 0.573. The maximum Gasteiger partial charge on any atom is 0.247 e. The van der Waals surface area contributed by atoms with Crippen LogP contribution in [0.25, 0.3) is 11.3 Å². The van der Waals surface area contributed by atoms with E-state index < -0.39 is 12.0 Å². The van der Waals surface area contributed by atoms with E-state index in [0.29, 0.717) is 32.7 Å². The number of fused-ring (bicyclic) bond motifs is 3. The number of benzene rings is 2. The summed E-state index contributed by atoms with van der Waals surface area (Å²) < 4.78 is 20.0. The smallest absolute Gasteiger partial charge is 0.247 e. The Labute approximate surface area is 169 Å². The third kappa shape index (κ3) is 3.29. The molecule has 0 bridgehead atoms. The van der Waals surface area contributed by atoms with E-state index in [1.807, 2.05) is 6.26 Å². The highest BCUT2D eigenvalue weighted by Crippen LogP contribution is 2.44. The Morgan fingerprint density at radius 2 is 2.07 bits per heavy atom. The third-order valence-electron chi connectivity index (χ3n) is 4.22. The van der Waals surface area contributed by atoms with E-state index in [1.54, 1.807) is 30.3 Å². The van der Waals surface area contributed by atoms with Crippen LogP contribution >= 0.6 is 23.4 Å². The number of ether oxygens (including phenoxy) is 1. The lowest BCUT2D eigenvalue weighted by molar-refractivity contribution is -0.118. The van der Waals surface area contributed by atoms with Crippen LogP contribution in [0.5, 0.6) is 5.88 Å². The molecule has 9 heteroatoms. The summed E-state index contributed by atoms with van der Waals surface area (Å²) in [7, 11) is 0. The van der Waals surface area contributed by atoms with Crippen molar-refractivity contribution in [2.24, 2.45) is 0 Å². The molecular weight excluding hydrogens is 403 g/mol. The molecule has 1 aromatic heterocycles. The largest absolute Gasteiger partial charge is 0.447 e. The van der Waals surface area contributed by atoms with Gasteiger partial charge in [0.1, 0.15) is 5.82 Å². The first-order valence-corrected chi connectivity index (χ1v) is 9.88. The Bertz CT molecular complexity index is 1080. The molecule has 0 N–H and O–H groups in total. The fraction of sp³-hybridized carbons (Fsp3) is 0.158. The van der Waals surface area contributed by atoms with E-state index in [4.69, 9.17) is 16.3 Å². The summed E-state index contributed by atoms with van der Waals surface area (Å²) in [6.07, 6.45) is 0.886. The Balaban J connectivity index is 2.00. The van der Waals surface area contributed by atoms with Crippen LogP contribution in [-0.4, -0.2) is 27.3 Å². The van der Waals surface area contributed by atoms with Gasteiger partial charge in [0.2, 0.25) is 23.2 Å². The van der Waals surface area contributed by atoms with E-state index in [1.165, 1.54) is 35.7 Å². The van der Waals surface area contributed by atoms with Gasteiger partial charge in [-0.2, -0.15) is 4.98 Å². The molecule has 28 heavy (non-hydrogen) atoms. The highest BCUT2D eigenvalue weighted by molar-refractivity contribution is 7.98. The number of carbonyl (C=O) groups excluding carboxylic acids is 1. The molecule has 3 aromatic rings. The van der Waals surface area contributed by atoms with Gasteiger partial charge in [-0.05, 0) is 36.6 Å². The van der Waals surface area contributed by atoms with Crippen molar-refractivity contribution >= 4 is 35.0 Å². The van der Waals surface area contributed by atoms with Gasteiger partial charge in [0.15, 0.2) is 5.69 Å². The predicted molar refractivity (Wildman–Crippen MR) is 105 cm³/mol. The molecule has 1 aliphatic heterocycles. The average Bonchev–Trinajstić information content (AvgIpc) is 2.81. The molecule has 0 aliphatic carbocycles. The zero-order valence-electron chi connectivity index (χ0n) is 14.9. The minimum Gasteiger partial charge on any atom is -0.447 e. The zero-order valence-corrected chi connectivity index (χ0v) is 16.5. The number of hydrogen-bond acceptors (Lipinski definition) is 6. The van der Waals surface area contributed by atoms with E-state index in [2.05, 4.69) is 15.2 Å². The van der Waals surface area contributed by atoms with Gasteiger partial charge in [-0.3, -0.25) is 9.69 Å². The molecule has 0 radical (unpaired) electrons. The molecule has 6 nitrogen and oxygen atoms in total. The Morgan fingerprint density at radius 3 is 2.79 bits per heavy atom. The van der Waals surface area contributed by atoms with Crippen LogP contribution in [0.2, 0.25) is 5.02 Å². The number of thioether (sulfide) groups is 1. The van der Waals surface area contributed by atoms with Crippen molar-refractivity contribution in [3.8, 4) is 17.1 Å². The number of aromatic nitrogens is 3. The second-order valence-corrected chi connectivity index (χ2v) is 7.24. The number of amides is 1. The van der Waals surface area contributed by atoms with E-state index >= 15 is 0 Å². The summed E-state index contributed by atoms with van der Waals surface area (Å²) in [5.74, 6) is -0.527. The SMILES string of the molecule is CSc1nnc2c(n1)O[C@@H](c1cccc(F)c1)N(C(C)=O)c1ccc(Cl)cc1-2. The highest BCUT2D eigenvalue weighted by Gasteiger charge is 2.34. The van der Waals surface area contributed by atoms with Crippen LogP contribution in [0, 0.1) is 5.82 Å². The zero-order chi connectivity index (χ0) is 19.8. The molecule has 0 fully saturated rings. The minimum atomic E-state index is -0.930. The first-order chi connectivity index (χ1) is 13.5. The summed E-state index contributed by atoms with van der Waals surface area (Å²) in [5, 5.41) is 9.20. The predicted octanol–water partition coefficient (Wildman–Crippen LogP) is 4.50. The summed E-state index contributed by atoms with van der Waals surface area (Å²) in [6, 6.07) is 11.0. The Morgan fingerprint density at radius 1 is 1.25 bits per heavy atom. The molecule has 0 unspecified atom stereocenters. The van der Waals surface area contributed by atoms with Crippen molar-refractivity contribution in [2.75, 3.05) is 11.2 Å². The topological polar surface area (TPSA) is 68.2 Å². The molecule has 2 aromatic carbocycles. The molecular formula is C19H14ClFN4O2S. The number of carbonyl (C=O) groups is 1. The van der Waals surface area contributed by atoms with E-state index in [0.717, 1.165) is 0 Å². The van der Waals surface area contributed by atoms with Gasteiger partial charge in [-0.15, -0.1) is 10.2 Å². The summed E-state index contributed by atoms with van der Waals surface area (Å²) in [5.41, 5.74) is 1.91. The first kappa shape index (κ1) is 18.6. The molecule has 0 saturated heterocycles. The molecule has 0 spiro atoms. The molecule has 1 amide bonds. The van der Waals surface area contributed by atoms with Gasteiger partial charge in [-0.1, -0.05) is 35.5 Å².